The maximum Gasteiger partial charge on any atom is 0.264 e. The predicted octanol–water partition coefficient (Wildman–Crippen LogP) is 2.34. The zero-order valence-electron chi connectivity index (χ0n) is 13.4. The summed E-state index contributed by atoms with van der Waals surface area (Å²) in [5.41, 5.74) is 0.929. The van der Waals surface area contributed by atoms with Crippen molar-refractivity contribution < 1.29 is 13.2 Å². The van der Waals surface area contributed by atoms with Gasteiger partial charge in [-0.2, -0.15) is 10.4 Å². The number of H-pyrrole nitrogens is 1. The summed E-state index contributed by atoms with van der Waals surface area (Å²) in [6, 6.07) is 6.92. The second-order valence-corrected chi connectivity index (χ2v) is 8.14. The molecule has 2 N–H and O–H groups in total. The number of fused-ring (bicyclic) bond motifs is 1. The summed E-state index contributed by atoms with van der Waals surface area (Å²) in [6.07, 6.45) is 2.74. The SMILES string of the molecule is N#Cc1c(NS(=O)(=O)c2c[nH]c3cc(Cl)ccc23)cnn1CC1COC1. The molecule has 0 bridgehead atoms. The van der Waals surface area contributed by atoms with Crippen molar-refractivity contribution in [3.05, 3.63) is 41.3 Å². The van der Waals surface area contributed by atoms with Gasteiger partial charge in [-0.1, -0.05) is 11.6 Å². The summed E-state index contributed by atoms with van der Waals surface area (Å²) < 4.78 is 34.7. The number of nitriles is 1. The zero-order chi connectivity index (χ0) is 18.3. The molecule has 0 unspecified atom stereocenters. The van der Waals surface area contributed by atoms with Gasteiger partial charge in [-0.05, 0) is 18.2 Å². The van der Waals surface area contributed by atoms with Crippen LogP contribution in [0.3, 0.4) is 0 Å². The molecule has 0 aliphatic carbocycles. The topological polar surface area (TPSA) is 113 Å². The molecule has 0 atom stereocenters. The lowest BCUT2D eigenvalue weighted by atomic mass is 10.1. The van der Waals surface area contributed by atoms with Crippen LogP contribution < -0.4 is 4.72 Å². The van der Waals surface area contributed by atoms with Gasteiger partial charge in [-0.15, -0.1) is 0 Å². The van der Waals surface area contributed by atoms with E-state index in [1.54, 1.807) is 18.2 Å². The number of rotatable bonds is 5. The van der Waals surface area contributed by atoms with E-state index in [4.69, 9.17) is 16.3 Å². The number of nitrogens with one attached hydrogen (secondary N) is 2. The standard InChI is InChI=1S/C16H14ClN5O3S/c17-11-1-2-12-13(3-11)19-6-16(12)26(23,24)21-14-5-20-22(15(14)4-18)7-10-8-25-9-10/h1-3,5-6,10,19,21H,7-9H2. The van der Waals surface area contributed by atoms with Gasteiger partial charge in [-0.25, -0.2) is 8.42 Å². The van der Waals surface area contributed by atoms with Gasteiger partial charge in [0.15, 0.2) is 5.69 Å². The Morgan fingerprint density at radius 2 is 2.27 bits per heavy atom. The largest absolute Gasteiger partial charge is 0.381 e. The highest BCUT2D eigenvalue weighted by Crippen LogP contribution is 2.28. The summed E-state index contributed by atoms with van der Waals surface area (Å²) in [6.45, 7) is 1.74. The summed E-state index contributed by atoms with van der Waals surface area (Å²) in [5, 5.41) is 14.6. The van der Waals surface area contributed by atoms with E-state index in [1.807, 2.05) is 6.07 Å². The highest BCUT2D eigenvalue weighted by molar-refractivity contribution is 7.93. The third kappa shape index (κ3) is 2.92. The summed E-state index contributed by atoms with van der Waals surface area (Å²) in [5.74, 6) is 0.282. The van der Waals surface area contributed by atoms with Gasteiger partial charge in [0.25, 0.3) is 10.0 Å². The molecule has 3 heterocycles. The fourth-order valence-corrected chi connectivity index (χ4v) is 4.25. The maximum atomic E-state index is 12.8. The van der Waals surface area contributed by atoms with E-state index in [2.05, 4.69) is 14.8 Å². The van der Waals surface area contributed by atoms with Gasteiger partial charge < -0.3 is 9.72 Å². The van der Waals surface area contributed by atoms with Crippen molar-refractivity contribution in [2.75, 3.05) is 17.9 Å². The van der Waals surface area contributed by atoms with Crippen LogP contribution in [0, 0.1) is 17.2 Å². The number of halogens is 1. The van der Waals surface area contributed by atoms with E-state index in [0.29, 0.717) is 35.7 Å². The van der Waals surface area contributed by atoms with E-state index in [9.17, 15) is 13.7 Å². The fraction of sp³-hybridized carbons (Fsp3) is 0.250. The van der Waals surface area contributed by atoms with Gasteiger partial charge in [0.05, 0.1) is 19.4 Å². The van der Waals surface area contributed by atoms with Crippen molar-refractivity contribution in [2.45, 2.75) is 11.4 Å². The van der Waals surface area contributed by atoms with Crippen LogP contribution in [0.5, 0.6) is 0 Å². The van der Waals surface area contributed by atoms with Crippen LogP contribution >= 0.6 is 11.6 Å². The van der Waals surface area contributed by atoms with Crippen molar-refractivity contribution >= 4 is 38.2 Å². The molecule has 1 aliphatic heterocycles. The van der Waals surface area contributed by atoms with Gasteiger partial charge in [0.1, 0.15) is 16.7 Å². The monoisotopic (exact) mass is 391 g/mol. The number of benzene rings is 1. The molecule has 1 aromatic carbocycles. The highest BCUT2D eigenvalue weighted by Gasteiger charge is 2.25. The summed E-state index contributed by atoms with van der Waals surface area (Å²) >= 11 is 5.93. The van der Waals surface area contributed by atoms with Crippen molar-refractivity contribution in [3.63, 3.8) is 0 Å². The molecule has 134 valence electrons. The summed E-state index contributed by atoms with van der Waals surface area (Å²) in [4.78, 5) is 2.97. The lowest BCUT2D eigenvalue weighted by Gasteiger charge is -2.25. The molecule has 8 nitrogen and oxygen atoms in total. The molecule has 0 saturated carbocycles. The molecule has 1 saturated heterocycles. The molecule has 26 heavy (non-hydrogen) atoms. The second kappa shape index (κ2) is 6.32. The molecule has 10 heteroatoms. The van der Waals surface area contributed by atoms with Crippen LogP contribution in [0.1, 0.15) is 5.69 Å². The molecule has 0 spiro atoms. The average molecular weight is 392 g/mol. The Kier molecular flexibility index (Phi) is 4.11. The lowest BCUT2D eigenvalue weighted by Crippen LogP contribution is -2.32. The number of hydrogen-bond acceptors (Lipinski definition) is 5. The summed E-state index contributed by atoms with van der Waals surface area (Å²) in [7, 11) is -3.90. The van der Waals surface area contributed by atoms with Crippen LogP contribution in [0.4, 0.5) is 5.69 Å². The van der Waals surface area contributed by atoms with Gasteiger partial charge in [-0.3, -0.25) is 9.40 Å². The molecule has 3 aromatic rings. The second-order valence-electron chi connectivity index (χ2n) is 6.05. The van der Waals surface area contributed by atoms with Gasteiger partial charge in [0, 0.05) is 34.6 Å². The van der Waals surface area contributed by atoms with Crippen molar-refractivity contribution in [2.24, 2.45) is 5.92 Å². The van der Waals surface area contributed by atoms with Crippen molar-refractivity contribution in [3.8, 4) is 6.07 Å². The molecule has 0 radical (unpaired) electrons. The third-order valence-electron chi connectivity index (χ3n) is 4.22. The molecule has 1 aliphatic rings. The van der Waals surface area contributed by atoms with Gasteiger partial charge >= 0.3 is 0 Å². The Morgan fingerprint density at radius 1 is 1.46 bits per heavy atom. The minimum Gasteiger partial charge on any atom is -0.381 e. The number of ether oxygens (including phenoxy) is 1. The first kappa shape index (κ1) is 16.9. The molecule has 1 fully saturated rings. The van der Waals surface area contributed by atoms with Crippen molar-refractivity contribution in [1.29, 1.82) is 5.26 Å². The first-order valence-electron chi connectivity index (χ1n) is 7.81. The smallest absolute Gasteiger partial charge is 0.264 e. The molecule has 0 amide bonds. The zero-order valence-corrected chi connectivity index (χ0v) is 15.0. The fourth-order valence-electron chi connectivity index (χ4n) is 2.84. The van der Waals surface area contributed by atoms with Crippen LogP contribution in [0.15, 0.2) is 35.5 Å². The highest BCUT2D eigenvalue weighted by atomic mass is 35.5. The number of aromatic nitrogens is 3. The Labute approximate surface area is 154 Å². The Bertz CT molecular complexity index is 1120. The molecule has 2 aromatic heterocycles. The van der Waals surface area contributed by atoms with E-state index in [-0.39, 0.29) is 22.2 Å². The average Bonchev–Trinajstić information content (AvgIpc) is 3.14. The van der Waals surface area contributed by atoms with Crippen molar-refractivity contribution in [1.82, 2.24) is 14.8 Å². The van der Waals surface area contributed by atoms with E-state index in [1.165, 1.54) is 17.1 Å². The first-order chi connectivity index (χ1) is 12.5. The Hall–Kier alpha value is -2.54. The number of sulfonamides is 1. The van der Waals surface area contributed by atoms with E-state index >= 15 is 0 Å². The predicted molar refractivity (Wildman–Crippen MR) is 95.4 cm³/mol. The maximum absolute atomic E-state index is 12.8. The van der Waals surface area contributed by atoms with Crippen LogP contribution in [0.25, 0.3) is 10.9 Å². The number of hydrogen-bond donors (Lipinski definition) is 2. The number of anilines is 1. The Morgan fingerprint density at radius 3 is 2.96 bits per heavy atom. The normalized spacial score (nSPS) is 14.9. The molecular formula is C16H14ClN5O3S. The quantitative estimate of drug-likeness (QED) is 0.693. The third-order valence-corrected chi connectivity index (χ3v) is 5.86. The lowest BCUT2D eigenvalue weighted by molar-refractivity contribution is -0.0409. The van der Waals surface area contributed by atoms with Crippen LogP contribution in [0.2, 0.25) is 5.02 Å². The molecular weight excluding hydrogens is 378 g/mol. The first-order valence-corrected chi connectivity index (χ1v) is 9.67. The van der Waals surface area contributed by atoms with E-state index < -0.39 is 10.0 Å². The number of nitrogens with zero attached hydrogens (tertiary/aromatic N) is 3. The van der Waals surface area contributed by atoms with E-state index in [0.717, 1.165) is 0 Å². The minimum atomic E-state index is -3.90. The van der Waals surface area contributed by atoms with Crippen LogP contribution in [-0.4, -0.2) is 36.4 Å². The minimum absolute atomic E-state index is 0.0770. The van der Waals surface area contributed by atoms with Gasteiger partial charge in [0.2, 0.25) is 0 Å². The van der Waals surface area contributed by atoms with Crippen LogP contribution in [-0.2, 0) is 21.3 Å². The molecule has 4 rings (SSSR count). The number of aromatic amines is 1. The Balaban J connectivity index is 1.66.